The van der Waals surface area contributed by atoms with E-state index in [1.807, 2.05) is 30.3 Å². The number of nitrogens with one attached hydrogen (secondary N) is 1. The van der Waals surface area contributed by atoms with Gasteiger partial charge in [0.15, 0.2) is 0 Å². The third kappa shape index (κ3) is 3.17. The van der Waals surface area contributed by atoms with Crippen LogP contribution in [0.15, 0.2) is 30.3 Å². The zero-order chi connectivity index (χ0) is 14.4. The molecule has 5 nitrogen and oxygen atoms in total. The highest BCUT2D eigenvalue weighted by Crippen LogP contribution is 2.22. The van der Waals surface area contributed by atoms with Crippen molar-refractivity contribution < 1.29 is 14.3 Å². The van der Waals surface area contributed by atoms with Crippen molar-refractivity contribution in [1.82, 2.24) is 5.32 Å². The minimum absolute atomic E-state index is 0.222. The smallest absolute Gasteiger partial charge is 0.244 e. The maximum Gasteiger partial charge on any atom is 0.244 e. The molecule has 1 heterocycles. The third-order valence-electron chi connectivity index (χ3n) is 3.81. The Balaban J connectivity index is 2.05. The first kappa shape index (κ1) is 15.0. The van der Waals surface area contributed by atoms with Crippen molar-refractivity contribution in [3.63, 3.8) is 0 Å². The molecule has 1 aliphatic heterocycles. The molecule has 1 fully saturated rings. The summed E-state index contributed by atoms with van der Waals surface area (Å²) in [4.78, 5) is 11.9. The Morgan fingerprint density at radius 2 is 2.25 bits per heavy atom. The largest absolute Gasteiger partial charge is 0.381 e. The van der Waals surface area contributed by atoms with Gasteiger partial charge in [0.1, 0.15) is 5.54 Å². The Bertz CT molecular complexity index is 432. The maximum atomic E-state index is 11.9. The van der Waals surface area contributed by atoms with Crippen LogP contribution in [0, 0.1) is 5.92 Å². The van der Waals surface area contributed by atoms with E-state index >= 15 is 0 Å². The molecule has 0 spiro atoms. The van der Waals surface area contributed by atoms with Crippen molar-refractivity contribution in [3.8, 4) is 0 Å². The van der Waals surface area contributed by atoms with E-state index in [-0.39, 0.29) is 6.61 Å². The molecule has 0 bridgehead atoms. The first-order chi connectivity index (χ1) is 9.69. The van der Waals surface area contributed by atoms with Crippen molar-refractivity contribution in [2.24, 2.45) is 11.7 Å². The van der Waals surface area contributed by atoms with Crippen LogP contribution in [0.3, 0.4) is 0 Å². The number of rotatable bonds is 7. The number of benzene rings is 1. The van der Waals surface area contributed by atoms with Crippen LogP contribution in [0.4, 0.5) is 0 Å². The summed E-state index contributed by atoms with van der Waals surface area (Å²) in [6.45, 7) is 2.33. The van der Waals surface area contributed by atoms with E-state index in [1.165, 1.54) is 0 Å². The summed E-state index contributed by atoms with van der Waals surface area (Å²) in [5, 5.41) is 3.03. The molecule has 0 aromatic heterocycles. The monoisotopic (exact) mass is 278 g/mol. The Morgan fingerprint density at radius 1 is 1.50 bits per heavy atom. The summed E-state index contributed by atoms with van der Waals surface area (Å²) >= 11 is 0. The van der Waals surface area contributed by atoms with Crippen LogP contribution in [0.5, 0.6) is 0 Å². The van der Waals surface area contributed by atoms with Gasteiger partial charge >= 0.3 is 0 Å². The van der Waals surface area contributed by atoms with E-state index in [0.717, 1.165) is 25.2 Å². The minimum atomic E-state index is -0.985. The molecule has 5 heteroatoms. The molecule has 110 valence electrons. The highest BCUT2D eigenvalue weighted by molar-refractivity contribution is 5.86. The lowest BCUT2D eigenvalue weighted by molar-refractivity contribution is -0.127. The predicted molar refractivity (Wildman–Crippen MR) is 76.1 cm³/mol. The lowest BCUT2D eigenvalue weighted by Gasteiger charge is -2.30. The van der Waals surface area contributed by atoms with Gasteiger partial charge < -0.3 is 20.5 Å². The fraction of sp³-hybridized carbons (Fsp3) is 0.533. The van der Waals surface area contributed by atoms with Crippen LogP contribution >= 0.6 is 0 Å². The molecule has 0 saturated carbocycles. The van der Waals surface area contributed by atoms with Gasteiger partial charge in [0.05, 0.1) is 19.8 Å². The fourth-order valence-corrected chi connectivity index (χ4v) is 2.45. The molecular weight excluding hydrogens is 256 g/mol. The second kappa shape index (κ2) is 6.83. The first-order valence-electron chi connectivity index (χ1n) is 6.89. The maximum absolute atomic E-state index is 11.9. The van der Waals surface area contributed by atoms with Gasteiger partial charge in [0.2, 0.25) is 5.91 Å². The van der Waals surface area contributed by atoms with Crippen molar-refractivity contribution in [2.45, 2.75) is 12.0 Å². The Kier molecular flexibility index (Phi) is 5.11. The Labute approximate surface area is 119 Å². The van der Waals surface area contributed by atoms with E-state index < -0.39 is 11.4 Å². The van der Waals surface area contributed by atoms with Gasteiger partial charge in [-0.1, -0.05) is 30.3 Å². The molecule has 3 N–H and O–H groups in total. The molecule has 1 aromatic carbocycles. The molecule has 2 atom stereocenters. The molecule has 2 rings (SSSR count). The second-order valence-corrected chi connectivity index (χ2v) is 5.13. The molecule has 1 aliphatic rings. The predicted octanol–water partition coefficient (Wildman–Crippen LogP) is 0.640. The summed E-state index contributed by atoms with van der Waals surface area (Å²) in [5.74, 6) is -0.0259. The van der Waals surface area contributed by atoms with Crippen LogP contribution in [-0.4, -0.2) is 39.4 Å². The van der Waals surface area contributed by atoms with Crippen molar-refractivity contribution >= 4 is 5.91 Å². The van der Waals surface area contributed by atoms with Crippen molar-refractivity contribution in [2.75, 3.05) is 33.5 Å². The molecule has 20 heavy (non-hydrogen) atoms. The minimum Gasteiger partial charge on any atom is -0.381 e. The van der Waals surface area contributed by atoms with Crippen LogP contribution in [-0.2, 0) is 19.8 Å². The van der Waals surface area contributed by atoms with Gasteiger partial charge in [-0.05, 0) is 19.0 Å². The number of ether oxygens (including phenoxy) is 2. The zero-order valence-corrected chi connectivity index (χ0v) is 11.8. The van der Waals surface area contributed by atoms with Gasteiger partial charge in [0, 0.05) is 12.5 Å². The molecule has 1 aromatic rings. The van der Waals surface area contributed by atoms with Crippen molar-refractivity contribution in [1.29, 1.82) is 0 Å². The standard InChI is InChI=1S/C15H22N2O3/c1-17-15(14(16)18,13-5-3-2-4-6-13)11-20-10-12-7-8-19-9-12/h2-6,12,17H,7-11H2,1H3,(H2,16,18). The van der Waals surface area contributed by atoms with Gasteiger partial charge in [-0.2, -0.15) is 0 Å². The van der Waals surface area contributed by atoms with Crippen LogP contribution < -0.4 is 11.1 Å². The fourth-order valence-electron chi connectivity index (χ4n) is 2.45. The lowest BCUT2D eigenvalue weighted by atomic mass is 9.90. The molecule has 2 unspecified atom stereocenters. The average Bonchev–Trinajstić information content (AvgIpc) is 2.97. The Morgan fingerprint density at radius 3 is 2.80 bits per heavy atom. The third-order valence-corrected chi connectivity index (χ3v) is 3.81. The van der Waals surface area contributed by atoms with E-state index in [9.17, 15) is 4.79 Å². The SMILES string of the molecule is CNC(COCC1CCOC1)(C(N)=O)c1ccccc1. The quantitative estimate of drug-likeness (QED) is 0.767. The summed E-state index contributed by atoms with van der Waals surface area (Å²) in [6.07, 6.45) is 1.01. The number of carbonyl (C=O) groups excluding carboxylic acids is 1. The van der Waals surface area contributed by atoms with Gasteiger partial charge in [-0.15, -0.1) is 0 Å². The molecule has 0 radical (unpaired) electrons. The number of hydrogen-bond acceptors (Lipinski definition) is 4. The Hall–Kier alpha value is -1.43. The topological polar surface area (TPSA) is 73.6 Å². The number of carbonyl (C=O) groups is 1. The summed E-state index contributed by atoms with van der Waals surface area (Å²) < 4.78 is 11.1. The van der Waals surface area contributed by atoms with E-state index in [4.69, 9.17) is 15.2 Å². The lowest BCUT2D eigenvalue weighted by Crippen LogP contribution is -2.54. The number of primary amides is 1. The van der Waals surface area contributed by atoms with Crippen LogP contribution in [0.2, 0.25) is 0 Å². The zero-order valence-electron chi connectivity index (χ0n) is 11.8. The van der Waals surface area contributed by atoms with Gasteiger partial charge in [0.25, 0.3) is 0 Å². The molecule has 1 saturated heterocycles. The first-order valence-corrected chi connectivity index (χ1v) is 6.89. The van der Waals surface area contributed by atoms with Crippen LogP contribution in [0.25, 0.3) is 0 Å². The molecule has 1 amide bonds. The summed E-state index contributed by atoms with van der Waals surface area (Å²) in [6, 6.07) is 9.43. The van der Waals surface area contributed by atoms with Gasteiger partial charge in [-0.3, -0.25) is 4.79 Å². The highest BCUT2D eigenvalue weighted by Gasteiger charge is 2.37. The second-order valence-electron chi connectivity index (χ2n) is 5.13. The van der Waals surface area contributed by atoms with Gasteiger partial charge in [-0.25, -0.2) is 0 Å². The number of likely N-dealkylation sites (N-methyl/N-ethyl adjacent to an activating group) is 1. The van der Waals surface area contributed by atoms with E-state index in [0.29, 0.717) is 12.5 Å². The normalized spacial score (nSPS) is 21.6. The summed E-state index contributed by atoms with van der Waals surface area (Å²) in [7, 11) is 1.72. The van der Waals surface area contributed by atoms with Crippen molar-refractivity contribution in [3.05, 3.63) is 35.9 Å². The highest BCUT2D eigenvalue weighted by atomic mass is 16.5. The van der Waals surface area contributed by atoms with E-state index in [1.54, 1.807) is 7.05 Å². The number of hydrogen-bond donors (Lipinski definition) is 2. The van der Waals surface area contributed by atoms with E-state index in [2.05, 4.69) is 5.32 Å². The average molecular weight is 278 g/mol. The molecular formula is C15H22N2O3. The number of amides is 1. The molecule has 0 aliphatic carbocycles. The van der Waals surface area contributed by atoms with Crippen LogP contribution in [0.1, 0.15) is 12.0 Å². The summed E-state index contributed by atoms with van der Waals surface area (Å²) in [5.41, 5.74) is 5.43. The number of nitrogens with two attached hydrogens (primary N) is 1.